The van der Waals surface area contributed by atoms with E-state index in [2.05, 4.69) is 5.32 Å². The molecule has 0 spiro atoms. The van der Waals surface area contributed by atoms with Crippen molar-refractivity contribution in [3.8, 4) is 11.5 Å². The molecule has 1 N–H and O–H groups in total. The highest BCUT2D eigenvalue weighted by atomic mass is 32.1. The molecule has 26 heavy (non-hydrogen) atoms. The van der Waals surface area contributed by atoms with Gasteiger partial charge < -0.3 is 19.5 Å². The van der Waals surface area contributed by atoms with E-state index in [1.807, 2.05) is 19.9 Å². The third-order valence-electron chi connectivity index (χ3n) is 3.85. The van der Waals surface area contributed by atoms with Crippen molar-refractivity contribution in [1.82, 2.24) is 0 Å². The van der Waals surface area contributed by atoms with Crippen LogP contribution in [-0.4, -0.2) is 33.2 Å². The number of rotatable bonds is 6. The molecule has 6 nitrogen and oxygen atoms in total. The molecule has 1 amide bonds. The lowest BCUT2D eigenvalue weighted by Gasteiger charge is -2.07. The molecule has 0 saturated carbocycles. The second-order valence-electron chi connectivity index (χ2n) is 5.42. The predicted octanol–water partition coefficient (Wildman–Crippen LogP) is 3.82. The number of esters is 1. The quantitative estimate of drug-likeness (QED) is 0.614. The van der Waals surface area contributed by atoms with E-state index in [0.717, 1.165) is 16.0 Å². The summed E-state index contributed by atoms with van der Waals surface area (Å²) >= 11 is 1.34. The number of amides is 1. The highest BCUT2D eigenvalue weighted by molar-refractivity contribution is 7.16. The normalized spacial score (nSPS) is 10.7. The number of hydrogen-bond acceptors (Lipinski definition) is 6. The number of carbonyl (C=O) groups is 2. The van der Waals surface area contributed by atoms with E-state index in [0.29, 0.717) is 22.1 Å². The molecule has 0 bridgehead atoms. The Balaban J connectivity index is 2.18. The Bertz CT molecular complexity index is 854. The Morgan fingerprint density at radius 3 is 2.38 bits per heavy atom. The summed E-state index contributed by atoms with van der Waals surface area (Å²) in [5.41, 5.74) is 1.98. The van der Waals surface area contributed by atoms with Crippen LogP contribution in [0.4, 0.5) is 5.00 Å². The van der Waals surface area contributed by atoms with E-state index < -0.39 is 5.97 Å². The number of carbonyl (C=O) groups excluding carboxylic acids is 2. The van der Waals surface area contributed by atoms with E-state index in [-0.39, 0.29) is 5.91 Å². The third kappa shape index (κ3) is 4.23. The third-order valence-corrected chi connectivity index (χ3v) is 4.97. The average molecular weight is 375 g/mol. The van der Waals surface area contributed by atoms with Crippen LogP contribution in [-0.2, 0) is 9.53 Å². The average Bonchev–Trinajstić information content (AvgIpc) is 2.92. The first-order valence-corrected chi connectivity index (χ1v) is 8.62. The van der Waals surface area contributed by atoms with Crippen LogP contribution in [0, 0.1) is 13.8 Å². The molecular weight excluding hydrogens is 354 g/mol. The molecule has 0 aliphatic heterocycles. The van der Waals surface area contributed by atoms with Crippen molar-refractivity contribution < 1.29 is 23.8 Å². The predicted molar refractivity (Wildman–Crippen MR) is 102 cm³/mol. The lowest BCUT2D eigenvalue weighted by molar-refractivity contribution is -0.111. The van der Waals surface area contributed by atoms with Gasteiger partial charge in [0.25, 0.3) is 0 Å². The summed E-state index contributed by atoms with van der Waals surface area (Å²) in [6.07, 6.45) is 3.05. The van der Waals surface area contributed by atoms with E-state index in [4.69, 9.17) is 14.2 Å². The number of hydrogen-bond donors (Lipinski definition) is 1. The summed E-state index contributed by atoms with van der Waals surface area (Å²) in [5, 5.41) is 3.23. The summed E-state index contributed by atoms with van der Waals surface area (Å²) < 4.78 is 15.2. The van der Waals surface area contributed by atoms with Gasteiger partial charge in [-0.2, -0.15) is 0 Å². The van der Waals surface area contributed by atoms with E-state index >= 15 is 0 Å². The Kier molecular flexibility index (Phi) is 6.41. The Labute approximate surface area is 156 Å². The van der Waals surface area contributed by atoms with Crippen molar-refractivity contribution in [2.24, 2.45) is 0 Å². The Hall–Kier alpha value is -2.80. The largest absolute Gasteiger partial charge is 0.493 e. The molecule has 7 heteroatoms. The SMILES string of the molecule is COC(=O)c1c(NC(=O)/C=C/c2ccc(OC)c(OC)c2)sc(C)c1C. The fraction of sp³-hybridized carbons (Fsp3) is 0.263. The van der Waals surface area contributed by atoms with Crippen molar-refractivity contribution in [2.45, 2.75) is 13.8 Å². The van der Waals surface area contributed by atoms with Crippen LogP contribution >= 0.6 is 11.3 Å². The Morgan fingerprint density at radius 2 is 1.77 bits per heavy atom. The molecular formula is C19H21NO5S. The summed E-state index contributed by atoms with van der Waals surface area (Å²) in [6.45, 7) is 3.72. The van der Waals surface area contributed by atoms with E-state index in [1.54, 1.807) is 32.4 Å². The number of methoxy groups -OCH3 is 3. The topological polar surface area (TPSA) is 73.9 Å². The van der Waals surface area contributed by atoms with Gasteiger partial charge in [0.1, 0.15) is 5.00 Å². The molecule has 0 aliphatic rings. The van der Waals surface area contributed by atoms with Gasteiger partial charge >= 0.3 is 5.97 Å². The first-order chi connectivity index (χ1) is 12.4. The van der Waals surface area contributed by atoms with Crippen LogP contribution in [0.3, 0.4) is 0 Å². The minimum absolute atomic E-state index is 0.341. The molecule has 0 radical (unpaired) electrons. The maximum atomic E-state index is 12.2. The molecule has 1 aromatic heterocycles. The van der Waals surface area contributed by atoms with Crippen molar-refractivity contribution >= 4 is 34.3 Å². The molecule has 0 aliphatic carbocycles. The standard InChI is InChI=1S/C19H21NO5S/c1-11-12(2)26-18(17(11)19(22)25-5)20-16(21)9-7-13-6-8-14(23-3)15(10-13)24-4/h6-10H,1-5H3,(H,20,21)/b9-7+. The highest BCUT2D eigenvalue weighted by Gasteiger charge is 2.20. The first kappa shape index (κ1) is 19.5. The van der Waals surface area contributed by atoms with Gasteiger partial charge in [0.15, 0.2) is 11.5 Å². The molecule has 1 aromatic carbocycles. The van der Waals surface area contributed by atoms with Gasteiger partial charge in [-0.3, -0.25) is 4.79 Å². The summed E-state index contributed by atoms with van der Waals surface area (Å²) in [5.74, 6) is 0.381. The zero-order valence-corrected chi connectivity index (χ0v) is 16.2. The Morgan fingerprint density at radius 1 is 1.08 bits per heavy atom. The molecule has 0 unspecified atom stereocenters. The minimum Gasteiger partial charge on any atom is -0.493 e. The minimum atomic E-state index is -0.467. The second-order valence-corrected chi connectivity index (χ2v) is 6.64. The number of benzene rings is 1. The summed E-state index contributed by atoms with van der Waals surface area (Å²) in [4.78, 5) is 25.1. The zero-order valence-electron chi connectivity index (χ0n) is 15.3. The van der Waals surface area contributed by atoms with Crippen LogP contribution < -0.4 is 14.8 Å². The number of anilines is 1. The number of nitrogens with one attached hydrogen (secondary N) is 1. The molecule has 138 valence electrons. The van der Waals surface area contributed by atoms with Gasteiger partial charge in [0.05, 0.1) is 26.9 Å². The van der Waals surface area contributed by atoms with Gasteiger partial charge in [-0.1, -0.05) is 6.07 Å². The maximum Gasteiger partial charge on any atom is 0.341 e. The van der Waals surface area contributed by atoms with Gasteiger partial charge in [-0.15, -0.1) is 11.3 Å². The lowest BCUT2D eigenvalue weighted by atomic mass is 10.1. The lowest BCUT2D eigenvalue weighted by Crippen LogP contribution is -2.11. The van der Waals surface area contributed by atoms with Crippen LogP contribution in [0.2, 0.25) is 0 Å². The van der Waals surface area contributed by atoms with Crippen molar-refractivity contribution in [1.29, 1.82) is 0 Å². The van der Waals surface area contributed by atoms with Gasteiger partial charge in [0, 0.05) is 11.0 Å². The second kappa shape index (κ2) is 8.53. The van der Waals surface area contributed by atoms with E-state index in [1.165, 1.54) is 24.5 Å². The fourth-order valence-electron chi connectivity index (χ4n) is 2.34. The molecule has 2 rings (SSSR count). The highest BCUT2D eigenvalue weighted by Crippen LogP contribution is 2.33. The zero-order chi connectivity index (χ0) is 19.3. The smallest absolute Gasteiger partial charge is 0.341 e. The molecule has 0 saturated heterocycles. The van der Waals surface area contributed by atoms with Crippen molar-refractivity contribution in [3.63, 3.8) is 0 Å². The summed E-state index contributed by atoms with van der Waals surface area (Å²) in [6, 6.07) is 5.34. The van der Waals surface area contributed by atoms with Crippen LogP contribution in [0.1, 0.15) is 26.4 Å². The number of thiophene rings is 1. The molecule has 0 fully saturated rings. The maximum absolute atomic E-state index is 12.2. The van der Waals surface area contributed by atoms with E-state index in [9.17, 15) is 9.59 Å². The van der Waals surface area contributed by atoms with Crippen LogP contribution in [0.15, 0.2) is 24.3 Å². The van der Waals surface area contributed by atoms with Gasteiger partial charge in [-0.05, 0) is 43.2 Å². The number of ether oxygens (including phenoxy) is 3. The molecule has 2 aromatic rings. The van der Waals surface area contributed by atoms with Crippen LogP contribution in [0.25, 0.3) is 6.08 Å². The number of aryl methyl sites for hydroxylation is 1. The molecule has 0 atom stereocenters. The molecule has 1 heterocycles. The van der Waals surface area contributed by atoms with Gasteiger partial charge in [0.2, 0.25) is 5.91 Å². The van der Waals surface area contributed by atoms with Crippen molar-refractivity contribution in [3.05, 3.63) is 45.8 Å². The van der Waals surface area contributed by atoms with Crippen molar-refractivity contribution in [2.75, 3.05) is 26.6 Å². The first-order valence-electron chi connectivity index (χ1n) is 7.80. The monoisotopic (exact) mass is 375 g/mol. The van der Waals surface area contributed by atoms with Gasteiger partial charge in [-0.25, -0.2) is 4.79 Å². The van der Waals surface area contributed by atoms with Crippen LogP contribution in [0.5, 0.6) is 11.5 Å². The fourth-order valence-corrected chi connectivity index (χ4v) is 3.40. The summed E-state index contributed by atoms with van der Waals surface area (Å²) in [7, 11) is 4.43.